The highest BCUT2D eigenvalue weighted by molar-refractivity contribution is 5.98. The zero-order chi connectivity index (χ0) is 15.5. The molecule has 0 bridgehead atoms. The zero-order valence-corrected chi connectivity index (χ0v) is 13.7. The summed E-state index contributed by atoms with van der Waals surface area (Å²) in [6, 6.07) is 7.05. The van der Waals surface area contributed by atoms with Gasteiger partial charge in [-0.15, -0.1) is 0 Å². The van der Waals surface area contributed by atoms with Crippen LogP contribution < -0.4 is 0 Å². The van der Waals surface area contributed by atoms with Crippen molar-refractivity contribution in [1.82, 2.24) is 4.98 Å². The molecule has 1 aromatic heterocycles. The van der Waals surface area contributed by atoms with Gasteiger partial charge in [-0.1, -0.05) is 18.2 Å². The van der Waals surface area contributed by atoms with Crippen molar-refractivity contribution in [3.05, 3.63) is 41.6 Å². The number of aliphatic hydroxyl groups is 1. The van der Waals surface area contributed by atoms with E-state index in [1.165, 1.54) is 27.6 Å². The Hall–Kier alpha value is -1.58. The Morgan fingerprint density at radius 3 is 2.95 bits per heavy atom. The lowest BCUT2D eigenvalue weighted by Crippen LogP contribution is -2.61. The summed E-state index contributed by atoms with van der Waals surface area (Å²) in [6.07, 6.45) is 5.64. The summed E-state index contributed by atoms with van der Waals surface area (Å²) in [5.41, 5.74) is 5.34. The number of rotatable bonds is 2. The Labute approximate surface area is 131 Å². The van der Waals surface area contributed by atoms with Crippen LogP contribution in [0, 0.1) is 5.41 Å². The second-order valence-electron chi connectivity index (χ2n) is 7.63. The zero-order valence-electron chi connectivity index (χ0n) is 13.7. The summed E-state index contributed by atoms with van der Waals surface area (Å²) in [7, 11) is 2.35. The Morgan fingerprint density at radius 1 is 1.41 bits per heavy atom. The van der Waals surface area contributed by atoms with E-state index in [1.807, 2.05) is 0 Å². The lowest BCUT2D eigenvalue weighted by molar-refractivity contribution is -0.930. The van der Waals surface area contributed by atoms with Crippen LogP contribution in [-0.2, 0) is 6.42 Å². The third-order valence-electron chi connectivity index (χ3n) is 5.93. The number of fused-ring (bicyclic) bond motifs is 2. The van der Waals surface area contributed by atoms with Gasteiger partial charge in [0, 0.05) is 29.1 Å². The van der Waals surface area contributed by atoms with Gasteiger partial charge in [0.05, 0.1) is 32.2 Å². The highest BCUT2D eigenvalue weighted by Gasteiger charge is 2.47. The standard InChI is InChI=1S/C19H25N2O/c1-4-21(3)11-19(2,12-22)9-15-14-6-5-7-16-18(14)13(10-20-16)8-17(15)21/h5-7,9-10,17,20,22H,4,8,11-12H2,1-3H3/q+1/t17-,19-,21?/m1/s1. The van der Waals surface area contributed by atoms with Crippen molar-refractivity contribution in [1.29, 1.82) is 0 Å². The van der Waals surface area contributed by atoms with Gasteiger partial charge in [-0.3, -0.25) is 0 Å². The molecule has 0 amide bonds. The number of aromatic amines is 1. The molecule has 116 valence electrons. The Morgan fingerprint density at radius 2 is 2.23 bits per heavy atom. The topological polar surface area (TPSA) is 36.0 Å². The molecular formula is C19H25N2O+. The summed E-state index contributed by atoms with van der Waals surface area (Å²) in [6.45, 7) is 6.77. The van der Waals surface area contributed by atoms with Gasteiger partial charge >= 0.3 is 0 Å². The normalized spacial score (nSPS) is 33.6. The van der Waals surface area contributed by atoms with E-state index in [2.05, 4.69) is 56.4 Å². The molecule has 0 spiro atoms. The van der Waals surface area contributed by atoms with Gasteiger partial charge in [0.2, 0.25) is 0 Å². The lowest BCUT2D eigenvalue weighted by atomic mass is 9.73. The van der Waals surface area contributed by atoms with Gasteiger partial charge < -0.3 is 14.6 Å². The molecule has 0 saturated carbocycles. The third-order valence-corrected chi connectivity index (χ3v) is 5.93. The monoisotopic (exact) mass is 297 g/mol. The van der Waals surface area contributed by atoms with Crippen LogP contribution in [0.3, 0.4) is 0 Å². The molecule has 2 aromatic rings. The minimum Gasteiger partial charge on any atom is -0.395 e. The van der Waals surface area contributed by atoms with Crippen molar-refractivity contribution in [2.45, 2.75) is 26.3 Å². The maximum atomic E-state index is 9.96. The fraction of sp³-hybridized carbons (Fsp3) is 0.474. The van der Waals surface area contributed by atoms with Crippen LogP contribution in [0.4, 0.5) is 0 Å². The molecule has 1 aliphatic heterocycles. The molecule has 3 nitrogen and oxygen atoms in total. The summed E-state index contributed by atoms with van der Waals surface area (Å²) >= 11 is 0. The summed E-state index contributed by atoms with van der Waals surface area (Å²) in [5.74, 6) is 0. The first kappa shape index (κ1) is 14.0. The predicted octanol–water partition coefficient (Wildman–Crippen LogP) is 2.95. The Balaban J connectivity index is 2.00. The maximum Gasteiger partial charge on any atom is 0.119 e. The van der Waals surface area contributed by atoms with Crippen molar-refractivity contribution >= 4 is 16.5 Å². The number of hydrogen-bond donors (Lipinski definition) is 2. The number of nitrogens with one attached hydrogen (secondary N) is 1. The van der Waals surface area contributed by atoms with Crippen LogP contribution in [0.1, 0.15) is 25.0 Å². The van der Waals surface area contributed by atoms with Crippen LogP contribution in [0.25, 0.3) is 16.5 Å². The quantitative estimate of drug-likeness (QED) is 0.822. The molecule has 4 rings (SSSR count). The summed E-state index contributed by atoms with van der Waals surface area (Å²) in [4.78, 5) is 3.43. The summed E-state index contributed by atoms with van der Waals surface area (Å²) < 4.78 is 1.00. The van der Waals surface area contributed by atoms with Crippen molar-refractivity contribution in [3.8, 4) is 0 Å². The molecular weight excluding hydrogens is 272 g/mol. The van der Waals surface area contributed by atoms with Crippen molar-refractivity contribution in [3.63, 3.8) is 0 Å². The summed E-state index contributed by atoms with van der Waals surface area (Å²) in [5, 5.41) is 11.3. The molecule has 2 heterocycles. The predicted molar refractivity (Wildman–Crippen MR) is 90.6 cm³/mol. The molecule has 2 N–H and O–H groups in total. The van der Waals surface area contributed by atoms with Gasteiger partial charge in [0.25, 0.3) is 0 Å². The first-order valence-electron chi connectivity index (χ1n) is 8.27. The first-order valence-corrected chi connectivity index (χ1v) is 8.27. The van der Waals surface area contributed by atoms with Crippen LogP contribution >= 0.6 is 0 Å². The van der Waals surface area contributed by atoms with Crippen LogP contribution in [0.5, 0.6) is 0 Å². The number of benzene rings is 1. The number of likely N-dealkylation sites (N-methyl/N-ethyl adjacent to an activating group) is 1. The van der Waals surface area contributed by atoms with Gasteiger partial charge in [0.1, 0.15) is 6.04 Å². The van der Waals surface area contributed by atoms with E-state index < -0.39 is 0 Å². The Kier molecular flexibility index (Phi) is 2.85. The minimum atomic E-state index is -0.132. The number of quaternary nitrogens is 1. The molecule has 3 atom stereocenters. The second-order valence-corrected chi connectivity index (χ2v) is 7.63. The van der Waals surface area contributed by atoms with Crippen molar-refractivity contribution < 1.29 is 9.59 Å². The van der Waals surface area contributed by atoms with E-state index in [0.717, 1.165) is 24.0 Å². The maximum absolute atomic E-state index is 9.96. The largest absolute Gasteiger partial charge is 0.395 e. The number of aromatic nitrogens is 1. The highest BCUT2D eigenvalue weighted by atomic mass is 16.3. The molecule has 0 radical (unpaired) electrons. The van der Waals surface area contributed by atoms with Crippen LogP contribution in [0.2, 0.25) is 0 Å². The lowest BCUT2D eigenvalue weighted by Gasteiger charge is -2.51. The molecule has 1 aromatic carbocycles. The SMILES string of the molecule is CC[N+]1(C)C[C@](C)(CO)C=C2c3cccc4[nH]cc(c34)C[C@H]21. The van der Waals surface area contributed by atoms with E-state index in [0.29, 0.717) is 6.04 Å². The fourth-order valence-electron chi connectivity index (χ4n) is 4.67. The first-order chi connectivity index (χ1) is 10.5. The van der Waals surface area contributed by atoms with E-state index in [9.17, 15) is 5.11 Å². The van der Waals surface area contributed by atoms with Crippen molar-refractivity contribution in [2.24, 2.45) is 5.41 Å². The Bertz CT molecular complexity index is 775. The minimum absolute atomic E-state index is 0.132. The van der Waals surface area contributed by atoms with Gasteiger partial charge in [-0.25, -0.2) is 0 Å². The molecule has 22 heavy (non-hydrogen) atoms. The smallest absolute Gasteiger partial charge is 0.119 e. The molecule has 2 aliphatic rings. The molecule has 1 aliphatic carbocycles. The van der Waals surface area contributed by atoms with Crippen molar-refractivity contribution in [2.75, 3.05) is 26.7 Å². The van der Waals surface area contributed by atoms with E-state index in [-0.39, 0.29) is 12.0 Å². The number of H-pyrrole nitrogens is 1. The number of nitrogens with zero attached hydrogens (tertiary/aromatic N) is 1. The molecule has 0 saturated heterocycles. The second kappa shape index (κ2) is 4.46. The average Bonchev–Trinajstić information content (AvgIpc) is 2.93. The van der Waals surface area contributed by atoms with Crippen LogP contribution in [-0.4, -0.2) is 47.4 Å². The number of hydrogen-bond acceptors (Lipinski definition) is 1. The molecule has 3 heteroatoms. The van der Waals surface area contributed by atoms with E-state index >= 15 is 0 Å². The fourth-order valence-corrected chi connectivity index (χ4v) is 4.67. The molecule has 0 fully saturated rings. The highest BCUT2D eigenvalue weighted by Crippen LogP contribution is 2.46. The van der Waals surface area contributed by atoms with Gasteiger partial charge in [0.15, 0.2) is 0 Å². The van der Waals surface area contributed by atoms with Crippen LogP contribution in [0.15, 0.2) is 30.5 Å². The average molecular weight is 297 g/mol. The molecule has 1 unspecified atom stereocenters. The van der Waals surface area contributed by atoms with E-state index in [4.69, 9.17) is 0 Å². The van der Waals surface area contributed by atoms with Gasteiger partial charge in [-0.05, 0) is 31.0 Å². The van der Waals surface area contributed by atoms with Gasteiger partial charge in [-0.2, -0.15) is 0 Å². The third kappa shape index (κ3) is 1.76. The van der Waals surface area contributed by atoms with E-state index in [1.54, 1.807) is 0 Å². The number of aliphatic hydroxyl groups excluding tert-OH is 1.